The van der Waals surface area contributed by atoms with Crippen LogP contribution in [0.25, 0.3) is 0 Å². The molecule has 5 nitrogen and oxygen atoms in total. The van der Waals surface area contributed by atoms with Gasteiger partial charge in [-0.2, -0.15) is 5.10 Å². The number of nitrogens with one attached hydrogen (secondary N) is 1. The number of rotatable bonds is 9. The van der Waals surface area contributed by atoms with Crippen molar-refractivity contribution in [1.82, 2.24) is 5.43 Å². The Bertz CT molecular complexity index is 762. The summed E-state index contributed by atoms with van der Waals surface area (Å²) in [5, 5.41) is 13.7. The van der Waals surface area contributed by atoms with E-state index >= 15 is 0 Å². The van der Waals surface area contributed by atoms with Crippen LogP contribution in [-0.2, 0) is 0 Å². The van der Waals surface area contributed by atoms with E-state index in [9.17, 15) is 9.90 Å². The molecule has 0 spiro atoms. The molecule has 0 saturated carbocycles. The minimum absolute atomic E-state index is 0.0852. The van der Waals surface area contributed by atoms with Crippen molar-refractivity contribution in [3.05, 3.63) is 58.1 Å². The number of halogens is 1. The number of amides is 1. The maximum absolute atomic E-state index is 12.4. The Morgan fingerprint density at radius 1 is 1.23 bits per heavy atom. The molecule has 6 heteroatoms. The van der Waals surface area contributed by atoms with Crippen LogP contribution < -0.4 is 10.2 Å². The number of unbranched alkanes of at least 4 members (excludes halogenated alkanes) is 3. The van der Waals surface area contributed by atoms with Gasteiger partial charge >= 0.3 is 0 Å². The van der Waals surface area contributed by atoms with E-state index in [1.807, 2.05) is 6.07 Å². The molecule has 138 valence electrons. The summed E-state index contributed by atoms with van der Waals surface area (Å²) in [4.78, 5) is 12.4. The van der Waals surface area contributed by atoms with Crippen molar-refractivity contribution in [3.63, 3.8) is 0 Å². The van der Waals surface area contributed by atoms with Gasteiger partial charge in [0.2, 0.25) is 0 Å². The van der Waals surface area contributed by atoms with Crippen molar-refractivity contribution in [1.29, 1.82) is 0 Å². The second kappa shape index (κ2) is 10.6. The highest BCUT2D eigenvalue weighted by molar-refractivity contribution is 9.10. The number of phenolic OH excluding ortho intramolecular Hbond substituents is 1. The van der Waals surface area contributed by atoms with Crippen molar-refractivity contribution in [2.45, 2.75) is 32.6 Å². The number of phenols is 1. The summed E-state index contributed by atoms with van der Waals surface area (Å²) < 4.78 is 6.56. The quantitative estimate of drug-likeness (QED) is 0.346. The first-order chi connectivity index (χ1) is 12.6. The zero-order chi connectivity index (χ0) is 18.8. The second-order valence-corrected chi connectivity index (χ2v) is 6.72. The molecule has 1 amide bonds. The lowest BCUT2D eigenvalue weighted by molar-refractivity contribution is 0.0951. The fourth-order valence-electron chi connectivity index (χ4n) is 2.34. The molecule has 0 aliphatic rings. The van der Waals surface area contributed by atoms with E-state index in [2.05, 4.69) is 33.4 Å². The highest BCUT2D eigenvalue weighted by Crippen LogP contribution is 2.20. The summed E-state index contributed by atoms with van der Waals surface area (Å²) in [6, 6.07) is 12.1. The lowest BCUT2D eigenvalue weighted by Crippen LogP contribution is -2.19. The van der Waals surface area contributed by atoms with Crippen molar-refractivity contribution in [2.24, 2.45) is 5.10 Å². The summed E-state index contributed by atoms with van der Waals surface area (Å²) in [6.45, 7) is 2.74. The standard InChI is InChI=1S/C20H23BrN2O3/c1-2-3-4-7-12-26-19-9-6-5-8-17(19)20(25)23-22-14-15-13-16(21)10-11-18(15)24/h5-6,8-11,13-14,24H,2-4,7,12H2,1H3,(H,23,25). The summed E-state index contributed by atoms with van der Waals surface area (Å²) in [7, 11) is 0. The molecule has 0 aliphatic heterocycles. The number of benzene rings is 2. The van der Waals surface area contributed by atoms with Gasteiger partial charge in [0.05, 0.1) is 18.4 Å². The van der Waals surface area contributed by atoms with Crippen LogP contribution in [0.5, 0.6) is 11.5 Å². The predicted molar refractivity (Wildman–Crippen MR) is 107 cm³/mol. The van der Waals surface area contributed by atoms with Gasteiger partial charge in [-0.25, -0.2) is 5.43 Å². The molecule has 0 aliphatic carbocycles. The minimum atomic E-state index is -0.361. The smallest absolute Gasteiger partial charge is 0.275 e. The zero-order valence-corrected chi connectivity index (χ0v) is 16.3. The number of nitrogens with zero attached hydrogens (tertiary/aromatic N) is 1. The third-order valence-corrected chi connectivity index (χ3v) is 4.24. The zero-order valence-electron chi connectivity index (χ0n) is 14.7. The fraction of sp³-hybridized carbons (Fsp3) is 0.300. The SMILES string of the molecule is CCCCCCOc1ccccc1C(=O)NN=Cc1cc(Br)ccc1O. The Morgan fingerprint density at radius 2 is 2.04 bits per heavy atom. The maximum Gasteiger partial charge on any atom is 0.275 e. The molecule has 2 rings (SSSR count). The summed E-state index contributed by atoms with van der Waals surface area (Å²) in [5.41, 5.74) is 3.40. The Balaban J connectivity index is 1.96. The van der Waals surface area contributed by atoms with Crippen LogP contribution in [-0.4, -0.2) is 23.8 Å². The Hall–Kier alpha value is -2.34. The van der Waals surface area contributed by atoms with E-state index < -0.39 is 0 Å². The van der Waals surface area contributed by atoms with Crippen molar-refractivity contribution >= 4 is 28.1 Å². The van der Waals surface area contributed by atoms with Crippen LogP contribution in [0.15, 0.2) is 52.0 Å². The van der Waals surface area contributed by atoms with Gasteiger partial charge in [-0.1, -0.05) is 54.2 Å². The summed E-state index contributed by atoms with van der Waals surface area (Å²) >= 11 is 3.33. The van der Waals surface area contributed by atoms with E-state index in [0.29, 0.717) is 23.5 Å². The van der Waals surface area contributed by atoms with E-state index in [1.54, 1.807) is 36.4 Å². The first-order valence-corrected chi connectivity index (χ1v) is 9.45. The van der Waals surface area contributed by atoms with Crippen LogP contribution >= 0.6 is 15.9 Å². The van der Waals surface area contributed by atoms with Gasteiger partial charge in [0.15, 0.2) is 0 Å². The minimum Gasteiger partial charge on any atom is -0.507 e. The van der Waals surface area contributed by atoms with Gasteiger partial charge in [0.1, 0.15) is 11.5 Å². The van der Waals surface area contributed by atoms with Gasteiger partial charge in [0.25, 0.3) is 5.91 Å². The number of hydrogen-bond acceptors (Lipinski definition) is 4. The number of aromatic hydroxyl groups is 1. The third-order valence-electron chi connectivity index (χ3n) is 3.75. The summed E-state index contributed by atoms with van der Waals surface area (Å²) in [5.74, 6) is 0.268. The molecular formula is C20H23BrN2O3. The Kier molecular flexibility index (Phi) is 8.15. The van der Waals surface area contributed by atoms with Gasteiger partial charge < -0.3 is 9.84 Å². The first-order valence-electron chi connectivity index (χ1n) is 8.65. The molecule has 0 saturated heterocycles. The van der Waals surface area contributed by atoms with Crippen LogP contribution in [0.1, 0.15) is 48.5 Å². The molecule has 2 aromatic carbocycles. The molecule has 0 bridgehead atoms. The molecule has 26 heavy (non-hydrogen) atoms. The van der Waals surface area contributed by atoms with Gasteiger partial charge in [-0.3, -0.25) is 4.79 Å². The molecule has 0 radical (unpaired) electrons. The second-order valence-electron chi connectivity index (χ2n) is 5.81. The molecular weight excluding hydrogens is 396 g/mol. The molecule has 2 aromatic rings. The number of hydrogen-bond donors (Lipinski definition) is 2. The van der Waals surface area contributed by atoms with E-state index in [4.69, 9.17) is 4.74 Å². The normalized spacial score (nSPS) is 10.8. The molecule has 0 aromatic heterocycles. The molecule has 2 N–H and O–H groups in total. The van der Waals surface area contributed by atoms with E-state index in [-0.39, 0.29) is 11.7 Å². The Morgan fingerprint density at radius 3 is 2.85 bits per heavy atom. The first kappa shape index (κ1) is 20.0. The summed E-state index contributed by atoms with van der Waals surface area (Å²) in [6.07, 6.45) is 5.83. The number of ether oxygens (including phenoxy) is 1. The molecule has 0 fully saturated rings. The highest BCUT2D eigenvalue weighted by atomic mass is 79.9. The lowest BCUT2D eigenvalue weighted by atomic mass is 10.2. The van der Waals surface area contributed by atoms with Crippen LogP contribution in [0, 0.1) is 0 Å². The monoisotopic (exact) mass is 418 g/mol. The molecule has 0 atom stereocenters. The lowest BCUT2D eigenvalue weighted by Gasteiger charge is -2.10. The van der Waals surface area contributed by atoms with Crippen molar-refractivity contribution < 1.29 is 14.6 Å². The number of carbonyl (C=O) groups is 1. The average molecular weight is 419 g/mol. The number of hydrazone groups is 1. The predicted octanol–water partition coefficient (Wildman–Crippen LogP) is 4.88. The highest BCUT2D eigenvalue weighted by Gasteiger charge is 2.11. The average Bonchev–Trinajstić information content (AvgIpc) is 2.64. The third kappa shape index (κ3) is 6.19. The van der Waals surface area contributed by atoms with Crippen molar-refractivity contribution in [3.8, 4) is 11.5 Å². The van der Waals surface area contributed by atoms with Gasteiger partial charge in [-0.05, 0) is 36.8 Å². The molecule has 0 heterocycles. The number of para-hydroxylation sites is 1. The van der Waals surface area contributed by atoms with E-state index in [1.165, 1.54) is 19.1 Å². The fourth-order valence-corrected chi connectivity index (χ4v) is 2.72. The van der Waals surface area contributed by atoms with Crippen LogP contribution in [0.3, 0.4) is 0 Å². The molecule has 0 unspecified atom stereocenters. The maximum atomic E-state index is 12.4. The van der Waals surface area contributed by atoms with Crippen LogP contribution in [0.2, 0.25) is 0 Å². The van der Waals surface area contributed by atoms with E-state index in [0.717, 1.165) is 17.3 Å². The van der Waals surface area contributed by atoms with Crippen molar-refractivity contribution in [2.75, 3.05) is 6.61 Å². The number of carbonyl (C=O) groups excluding carboxylic acids is 1. The van der Waals surface area contributed by atoms with Crippen LogP contribution in [0.4, 0.5) is 0 Å². The van der Waals surface area contributed by atoms with Gasteiger partial charge in [0, 0.05) is 10.0 Å². The largest absolute Gasteiger partial charge is 0.507 e. The topological polar surface area (TPSA) is 70.9 Å². The Labute approximate surface area is 162 Å². The van der Waals surface area contributed by atoms with Gasteiger partial charge in [-0.15, -0.1) is 0 Å².